The first-order chi connectivity index (χ1) is 16.6. The first-order valence-electron chi connectivity index (χ1n) is 12.7. The number of likely N-dealkylation sites (tertiary alicyclic amines) is 1. The second kappa shape index (κ2) is 11.8. The zero-order valence-electron chi connectivity index (χ0n) is 22.1. The molecule has 2 amide bonds. The summed E-state index contributed by atoms with van der Waals surface area (Å²) in [5.74, 6) is 0.569. The molecule has 2 aromatic rings. The lowest BCUT2D eigenvalue weighted by Gasteiger charge is -2.40. The first-order valence-corrected chi connectivity index (χ1v) is 12.7. The van der Waals surface area contributed by atoms with Gasteiger partial charge in [0.15, 0.2) is 5.65 Å². The normalized spacial score (nSPS) is 16.7. The fourth-order valence-electron chi connectivity index (χ4n) is 4.47. The first kappa shape index (κ1) is 26.9. The van der Waals surface area contributed by atoms with E-state index in [-0.39, 0.29) is 24.0 Å². The number of carbonyl (C=O) groups is 2. The van der Waals surface area contributed by atoms with Crippen LogP contribution in [-0.4, -0.2) is 81.3 Å². The summed E-state index contributed by atoms with van der Waals surface area (Å²) in [6.07, 6.45) is 4.81. The monoisotopic (exact) mass is 487 g/mol. The van der Waals surface area contributed by atoms with Crippen LogP contribution in [0.25, 0.3) is 11.2 Å². The van der Waals surface area contributed by atoms with Crippen LogP contribution in [0.2, 0.25) is 0 Å². The van der Waals surface area contributed by atoms with Crippen molar-refractivity contribution < 1.29 is 19.1 Å². The highest BCUT2D eigenvalue weighted by molar-refractivity contribution is 5.94. The molecule has 1 atom stereocenters. The maximum Gasteiger partial charge on any atom is 0.410 e. The van der Waals surface area contributed by atoms with E-state index in [1.165, 1.54) is 0 Å². The van der Waals surface area contributed by atoms with Crippen LogP contribution in [0, 0.1) is 5.92 Å². The third-order valence-electron chi connectivity index (χ3n) is 5.99. The van der Waals surface area contributed by atoms with Crippen LogP contribution in [0.3, 0.4) is 0 Å². The number of aromatic nitrogens is 3. The summed E-state index contributed by atoms with van der Waals surface area (Å²) in [6.45, 7) is 12.8. The number of ether oxygens (including phenoxy) is 2. The van der Waals surface area contributed by atoms with Gasteiger partial charge in [-0.1, -0.05) is 13.8 Å². The van der Waals surface area contributed by atoms with Crippen molar-refractivity contribution in [3.63, 3.8) is 0 Å². The number of rotatable bonds is 9. The number of hydrogen-bond acceptors (Lipinski definition) is 6. The van der Waals surface area contributed by atoms with Crippen LogP contribution in [0.4, 0.5) is 4.79 Å². The van der Waals surface area contributed by atoms with E-state index in [9.17, 15) is 9.59 Å². The van der Waals surface area contributed by atoms with Gasteiger partial charge in [-0.05, 0) is 64.5 Å². The second-order valence-electron chi connectivity index (χ2n) is 10.7. The Labute approximate surface area is 208 Å². The summed E-state index contributed by atoms with van der Waals surface area (Å²) in [5, 5.41) is 0. The zero-order valence-corrected chi connectivity index (χ0v) is 22.1. The standard InChI is InChI=1S/C26H41N5O4/c1-19(2)17-31(20-11-10-14-29(18-20)25(33)35-26(3,4)5)24(32)23-28-21-12-9-13-27-22(21)30(23)15-7-8-16-34-6/h9,12-13,19-20H,7-8,10-11,14-18H2,1-6H3. The summed E-state index contributed by atoms with van der Waals surface area (Å²) in [7, 11) is 1.69. The topological polar surface area (TPSA) is 89.8 Å². The average Bonchev–Trinajstić information content (AvgIpc) is 3.17. The van der Waals surface area contributed by atoms with E-state index in [0.29, 0.717) is 44.1 Å². The number of hydrogen-bond donors (Lipinski definition) is 0. The molecule has 35 heavy (non-hydrogen) atoms. The van der Waals surface area contributed by atoms with Crippen LogP contribution in [-0.2, 0) is 16.0 Å². The smallest absolute Gasteiger partial charge is 0.410 e. The molecule has 0 spiro atoms. The van der Waals surface area contributed by atoms with Crippen molar-refractivity contribution in [1.29, 1.82) is 0 Å². The highest BCUT2D eigenvalue weighted by Gasteiger charge is 2.35. The van der Waals surface area contributed by atoms with Gasteiger partial charge >= 0.3 is 6.09 Å². The minimum absolute atomic E-state index is 0.0964. The van der Waals surface area contributed by atoms with Gasteiger partial charge in [-0.25, -0.2) is 14.8 Å². The van der Waals surface area contributed by atoms with E-state index in [1.54, 1.807) is 18.2 Å². The molecule has 194 valence electrons. The molecule has 1 fully saturated rings. The predicted octanol–water partition coefficient (Wildman–Crippen LogP) is 4.36. The quantitative estimate of drug-likeness (QED) is 0.489. The lowest BCUT2D eigenvalue weighted by atomic mass is 10.0. The van der Waals surface area contributed by atoms with Gasteiger partial charge in [-0.3, -0.25) is 4.79 Å². The van der Waals surface area contributed by atoms with E-state index < -0.39 is 5.60 Å². The Hall–Kier alpha value is -2.68. The zero-order chi connectivity index (χ0) is 25.6. The highest BCUT2D eigenvalue weighted by atomic mass is 16.6. The summed E-state index contributed by atoms with van der Waals surface area (Å²) in [4.78, 5) is 39.6. The molecule has 3 heterocycles. The molecule has 0 N–H and O–H groups in total. The molecule has 1 aliphatic rings. The third-order valence-corrected chi connectivity index (χ3v) is 5.99. The molecule has 0 bridgehead atoms. The Balaban J connectivity index is 1.88. The van der Waals surface area contributed by atoms with Crippen molar-refractivity contribution >= 4 is 23.2 Å². The minimum atomic E-state index is -0.557. The number of methoxy groups -OCH3 is 1. The summed E-state index contributed by atoms with van der Waals surface area (Å²) < 4.78 is 12.7. The Kier molecular flexibility index (Phi) is 9.10. The van der Waals surface area contributed by atoms with Gasteiger partial charge in [-0.15, -0.1) is 0 Å². The molecule has 3 rings (SSSR count). The van der Waals surface area contributed by atoms with E-state index >= 15 is 0 Å². The maximum absolute atomic E-state index is 14.0. The number of fused-ring (bicyclic) bond motifs is 1. The summed E-state index contributed by atoms with van der Waals surface area (Å²) in [6, 6.07) is 3.63. The van der Waals surface area contributed by atoms with Gasteiger partial charge in [0.1, 0.15) is 11.1 Å². The highest BCUT2D eigenvalue weighted by Crippen LogP contribution is 2.23. The second-order valence-corrected chi connectivity index (χ2v) is 10.7. The van der Waals surface area contributed by atoms with Crippen molar-refractivity contribution in [1.82, 2.24) is 24.3 Å². The number of carbonyl (C=O) groups excluding carboxylic acids is 2. The van der Waals surface area contributed by atoms with Crippen molar-refractivity contribution in [2.45, 2.75) is 78.5 Å². The van der Waals surface area contributed by atoms with Crippen LogP contribution in [0.15, 0.2) is 18.3 Å². The Bertz CT molecular complexity index is 997. The molecule has 9 nitrogen and oxygen atoms in total. The fraction of sp³-hybridized carbons (Fsp3) is 0.692. The number of amides is 2. The largest absolute Gasteiger partial charge is 0.444 e. The van der Waals surface area contributed by atoms with Gasteiger partial charge in [0, 0.05) is 52.1 Å². The molecule has 0 aliphatic carbocycles. The Morgan fingerprint density at radius 1 is 1.26 bits per heavy atom. The minimum Gasteiger partial charge on any atom is -0.444 e. The molecule has 9 heteroatoms. The van der Waals surface area contributed by atoms with Gasteiger partial charge in [0.2, 0.25) is 5.82 Å². The number of aryl methyl sites for hydroxylation is 1. The van der Waals surface area contributed by atoms with Crippen molar-refractivity contribution in [3.05, 3.63) is 24.2 Å². The average molecular weight is 488 g/mol. The molecule has 0 aromatic carbocycles. The number of pyridine rings is 1. The molecule has 1 unspecified atom stereocenters. The molecule has 1 saturated heterocycles. The van der Waals surface area contributed by atoms with E-state index in [1.807, 2.05) is 42.4 Å². The Morgan fingerprint density at radius 2 is 2.03 bits per heavy atom. The summed E-state index contributed by atoms with van der Waals surface area (Å²) >= 11 is 0. The van der Waals surface area contributed by atoms with Crippen molar-refractivity contribution in [2.75, 3.05) is 33.4 Å². The van der Waals surface area contributed by atoms with Gasteiger partial charge in [-0.2, -0.15) is 0 Å². The van der Waals surface area contributed by atoms with Crippen LogP contribution in [0.5, 0.6) is 0 Å². The molecule has 0 radical (unpaired) electrons. The lowest BCUT2D eigenvalue weighted by Crippen LogP contribution is -2.53. The number of piperidine rings is 1. The molecule has 1 aliphatic heterocycles. The number of imidazole rings is 1. The summed E-state index contributed by atoms with van der Waals surface area (Å²) in [5.41, 5.74) is 0.876. The number of nitrogens with zero attached hydrogens (tertiary/aromatic N) is 5. The third kappa shape index (κ3) is 7.16. The molecule has 0 saturated carbocycles. The van der Waals surface area contributed by atoms with Gasteiger partial charge in [0.05, 0.1) is 0 Å². The predicted molar refractivity (Wildman–Crippen MR) is 135 cm³/mol. The molecular weight excluding hydrogens is 446 g/mol. The van der Waals surface area contributed by atoms with E-state index in [0.717, 1.165) is 31.3 Å². The van der Waals surface area contributed by atoms with Crippen LogP contribution >= 0.6 is 0 Å². The SMILES string of the molecule is COCCCCn1c(C(=O)N(CC(C)C)C2CCCN(C(=O)OC(C)(C)C)C2)nc2cccnc21. The van der Waals surface area contributed by atoms with Gasteiger partial charge in [0.25, 0.3) is 5.91 Å². The van der Waals surface area contributed by atoms with Crippen LogP contribution in [0.1, 0.15) is 70.9 Å². The molecule has 2 aromatic heterocycles. The number of unbranched alkanes of at least 4 members (excludes halogenated alkanes) is 1. The lowest BCUT2D eigenvalue weighted by molar-refractivity contribution is 0.00922. The maximum atomic E-state index is 14.0. The van der Waals surface area contributed by atoms with E-state index in [2.05, 4.69) is 18.8 Å². The fourth-order valence-corrected chi connectivity index (χ4v) is 4.47. The van der Waals surface area contributed by atoms with Crippen molar-refractivity contribution in [2.24, 2.45) is 5.92 Å². The van der Waals surface area contributed by atoms with Crippen LogP contribution < -0.4 is 0 Å². The Morgan fingerprint density at radius 3 is 2.71 bits per heavy atom. The molecular formula is C26H41N5O4. The van der Waals surface area contributed by atoms with Crippen molar-refractivity contribution in [3.8, 4) is 0 Å². The van der Waals surface area contributed by atoms with Gasteiger partial charge < -0.3 is 23.8 Å². The van der Waals surface area contributed by atoms with E-state index in [4.69, 9.17) is 14.5 Å².